The molecule has 0 radical (unpaired) electrons. The molecule has 0 fully saturated rings. The van der Waals surface area contributed by atoms with Crippen molar-refractivity contribution in [2.24, 2.45) is 23.7 Å². The summed E-state index contributed by atoms with van der Waals surface area (Å²) in [7, 11) is 0. The smallest absolute Gasteiger partial charge is 0.170 e. The molecule has 424 valence electrons. The highest BCUT2D eigenvalue weighted by molar-refractivity contribution is 7.27. The third kappa shape index (κ3) is 15.9. The molecule has 0 spiro atoms. The average Bonchev–Trinajstić information content (AvgIpc) is 4.37. The summed E-state index contributed by atoms with van der Waals surface area (Å²) in [5.74, 6) is 0.992. The van der Waals surface area contributed by atoms with Crippen LogP contribution in [-0.4, -0.2) is 8.75 Å². The van der Waals surface area contributed by atoms with E-state index < -0.39 is 11.6 Å². The van der Waals surface area contributed by atoms with E-state index in [4.69, 9.17) is 8.75 Å². The van der Waals surface area contributed by atoms with Crippen molar-refractivity contribution in [1.29, 1.82) is 0 Å². The number of thiophene rings is 4. The molecule has 5 aromatic heterocycles. The molecule has 5 heterocycles. The molecule has 0 aliphatic heterocycles. The Bertz CT molecular complexity index is 2790. The van der Waals surface area contributed by atoms with Gasteiger partial charge in [-0.25, -0.2) is 8.78 Å². The van der Waals surface area contributed by atoms with Crippen molar-refractivity contribution in [2.75, 3.05) is 0 Å². The molecule has 9 heteroatoms. The zero-order chi connectivity index (χ0) is 54.8. The zero-order valence-corrected chi connectivity index (χ0v) is 53.6. The molecule has 7 rings (SSSR count). The highest BCUT2D eigenvalue weighted by Gasteiger charge is 2.30. The Morgan fingerprint density at radius 1 is 0.429 bits per heavy atom. The molecule has 0 saturated heterocycles. The van der Waals surface area contributed by atoms with E-state index in [0.29, 0.717) is 22.9 Å². The van der Waals surface area contributed by atoms with Crippen LogP contribution >= 0.6 is 57.1 Å². The van der Waals surface area contributed by atoms with Crippen LogP contribution in [-0.2, 0) is 25.7 Å². The number of hydrogen-bond acceptors (Lipinski definition) is 7. The van der Waals surface area contributed by atoms with Crippen molar-refractivity contribution in [1.82, 2.24) is 8.75 Å². The number of hydrogen-bond donors (Lipinski definition) is 0. The van der Waals surface area contributed by atoms with Crippen molar-refractivity contribution in [3.8, 4) is 30.6 Å². The predicted molar refractivity (Wildman–Crippen MR) is 344 cm³/mol. The predicted octanol–water partition coefficient (Wildman–Crippen LogP) is 25.1. The summed E-state index contributed by atoms with van der Waals surface area (Å²) in [6, 6.07) is 9.47. The maximum absolute atomic E-state index is 17.5. The summed E-state index contributed by atoms with van der Waals surface area (Å²) in [5, 5.41) is 2.95. The average molecular weight is 1140 g/mol. The summed E-state index contributed by atoms with van der Waals surface area (Å²) in [5.41, 5.74) is 7.15. The number of aryl methyl sites for hydroxylation is 4. The van der Waals surface area contributed by atoms with E-state index in [1.54, 1.807) is 33.8 Å². The Balaban J connectivity index is 1.38. The minimum atomic E-state index is -0.798. The van der Waals surface area contributed by atoms with E-state index in [1.165, 1.54) is 205 Å². The molecule has 0 aliphatic rings. The number of nitrogens with zero attached hydrogens (tertiary/aromatic N) is 2. The molecule has 0 aliphatic carbocycles. The Kier molecular flexibility index (Phi) is 25.5. The molecule has 0 bridgehead atoms. The van der Waals surface area contributed by atoms with Gasteiger partial charge in [0.2, 0.25) is 0 Å². The molecule has 4 atom stereocenters. The van der Waals surface area contributed by atoms with Crippen LogP contribution in [0.2, 0.25) is 0 Å². The minimum absolute atomic E-state index is 0.272. The van der Waals surface area contributed by atoms with Crippen LogP contribution in [0.25, 0.3) is 61.8 Å². The Hall–Kier alpha value is -2.56. The molecule has 4 unspecified atom stereocenters. The zero-order valence-electron chi connectivity index (χ0n) is 49.5. The van der Waals surface area contributed by atoms with Crippen LogP contribution in [0.5, 0.6) is 0 Å². The minimum Gasteiger partial charge on any atom is -0.203 e. The highest BCUT2D eigenvalue weighted by atomic mass is 32.1. The summed E-state index contributed by atoms with van der Waals surface area (Å²) < 4.78 is 47.3. The number of unbranched alkanes of at least 4 members (excludes halogenated alkanes) is 10. The van der Waals surface area contributed by atoms with Gasteiger partial charge >= 0.3 is 0 Å². The van der Waals surface area contributed by atoms with E-state index in [-0.39, 0.29) is 11.1 Å². The van der Waals surface area contributed by atoms with Crippen molar-refractivity contribution >= 4 is 88.3 Å². The molecule has 0 N–H and O–H groups in total. The number of benzene rings is 2. The summed E-state index contributed by atoms with van der Waals surface area (Å²) >= 11 is 8.35. The second kappa shape index (κ2) is 31.6. The van der Waals surface area contributed by atoms with Crippen LogP contribution < -0.4 is 0 Å². The normalized spacial score (nSPS) is 13.8. The Labute approximate surface area is 486 Å². The van der Waals surface area contributed by atoms with E-state index in [9.17, 15) is 0 Å². The number of aromatic nitrogens is 2. The molecule has 2 nitrogen and oxygen atoms in total. The van der Waals surface area contributed by atoms with Crippen LogP contribution in [0, 0.1) is 49.2 Å². The SMILES string of the molecule is CCCCCCC(CCCC)CCc1c2cc(-c3sc(-c4c(F)c(F)c(-c5cc(CC(CC)CCCC)c(C)s5)c5nsnc45)cc3CC(CC)CCCC)sc2c(CCC(CCCC)CCCCCC)c2cc(C)sc12. The summed E-state index contributed by atoms with van der Waals surface area (Å²) in [6.07, 6.45) is 37.0. The first-order valence-corrected chi connectivity index (χ1v) is 35.3. The Morgan fingerprint density at radius 3 is 1.38 bits per heavy atom. The highest BCUT2D eigenvalue weighted by Crippen LogP contribution is 2.51. The first-order valence-electron chi connectivity index (χ1n) is 31.4. The quantitative estimate of drug-likeness (QED) is 0.0363. The van der Waals surface area contributed by atoms with Crippen molar-refractivity contribution in [3.63, 3.8) is 0 Å². The lowest BCUT2D eigenvalue weighted by Gasteiger charge is -2.19. The molecule has 7 aromatic rings. The summed E-state index contributed by atoms with van der Waals surface area (Å²) in [6.45, 7) is 23.0. The van der Waals surface area contributed by atoms with E-state index in [1.807, 2.05) is 22.7 Å². The van der Waals surface area contributed by atoms with Gasteiger partial charge in [-0.05, 0) is 133 Å². The van der Waals surface area contributed by atoms with Gasteiger partial charge in [-0.2, -0.15) is 8.75 Å². The fourth-order valence-electron chi connectivity index (χ4n) is 12.6. The molecule has 0 amide bonds. The number of fused-ring (bicyclic) bond motifs is 3. The monoisotopic (exact) mass is 1140 g/mol. The summed E-state index contributed by atoms with van der Waals surface area (Å²) in [4.78, 5) is 6.63. The standard InChI is InChI=1S/C68H98F2N2S5/c1-11-19-25-27-33-49(31-23-15-5)35-37-53-55-39-45(9)73-67(55)54(38-36-50(32-24-16-6)34-28-26-20-12-2)56-44-59(76-68(53)56)66-52(41-48(18-8)30-22-14-4)43-58(75-66)61-63(70)62(69)60(64-65(61)72-77-71-64)57-42-51(46(10)74-57)40-47(17-7)29-21-13-3/h39,42-44,47-50H,11-38,40-41H2,1-10H3. The van der Waals surface area contributed by atoms with E-state index >= 15 is 8.78 Å². The molecule has 77 heavy (non-hydrogen) atoms. The van der Waals surface area contributed by atoms with Gasteiger partial charge in [0.1, 0.15) is 11.0 Å². The van der Waals surface area contributed by atoms with Gasteiger partial charge in [-0.3, -0.25) is 0 Å². The van der Waals surface area contributed by atoms with Crippen molar-refractivity contribution < 1.29 is 8.78 Å². The second-order valence-corrected chi connectivity index (χ2v) is 28.6. The van der Waals surface area contributed by atoms with Gasteiger partial charge < -0.3 is 0 Å². The van der Waals surface area contributed by atoms with Gasteiger partial charge in [0.25, 0.3) is 0 Å². The maximum atomic E-state index is 17.5. The van der Waals surface area contributed by atoms with Crippen LogP contribution in [0.4, 0.5) is 8.78 Å². The van der Waals surface area contributed by atoms with E-state index in [0.717, 1.165) is 71.8 Å². The van der Waals surface area contributed by atoms with Gasteiger partial charge in [0, 0.05) is 38.7 Å². The fourth-order valence-corrected chi connectivity index (χ4v) is 18.0. The lowest BCUT2D eigenvalue weighted by molar-refractivity contribution is 0.388. The topological polar surface area (TPSA) is 25.8 Å². The van der Waals surface area contributed by atoms with Crippen LogP contribution in [0.15, 0.2) is 24.3 Å². The molecular weight excluding hydrogens is 1040 g/mol. The number of halogens is 2. The van der Waals surface area contributed by atoms with Crippen LogP contribution in [0.3, 0.4) is 0 Å². The lowest BCUT2D eigenvalue weighted by atomic mass is 9.86. The molecule has 0 saturated carbocycles. The third-order valence-electron chi connectivity index (χ3n) is 17.5. The second-order valence-electron chi connectivity index (χ2n) is 23.4. The largest absolute Gasteiger partial charge is 0.203 e. The van der Waals surface area contributed by atoms with Crippen molar-refractivity contribution in [3.05, 3.63) is 67.9 Å². The Morgan fingerprint density at radius 2 is 0.870 bits per heavy atom. The molecular formula is C68H98F2N2S5. The first kappa shape index (κ1) is 62.0. The van der Waals surface area contributed by atoms with E-state index in [2.05, 4.69) is 93.5 Å². The lowest BCUT2D eigenvalue weighted by Crippen LogP contribution is -2.05. The van der Waals surface area contributed by atoms with Gasteiger partial charge in [0.05, 0.1) is 22.9 Å². The van der Waals surface area contributed by atoms with Crippen molar-refractivity contribution in [2.45, 2.75) is 262 Å². The maximum Gasteiger partial charge on any atom is 0.170 e. The number of rotatable bonds is 37. The van der Waals surface area contributed by atoms with Crippen LogP contribution in [0.1, 0.15) is 254 Å². The molecule has 2 aromatic carbocycles. The van der Waals surface area contributed by atoms with Gasteiger partial charge in [-0.1, -0.05) is 209 Å². The third-order valence-corrected chi connectivity index (χ3v) is 22.8. The fraction of sp³-hybridized carbons (Fsp3) is 0.647. The van der Waals surface area contributed by atoms with Gasteiger partial charge in [0.15, 0.2) is 11.6 Å². The van der Waals surface area contributed by atoms with Gasteiger partial charge in [-0.15, -0.1) is 45.3 Å². The first-order chi connectivity index (χ1) is 37.5.